The molecule has 3 aromatic carbocycles. The van der Waals surface area contributed by atoms with E-state index in [4.69, 9.17) is 9.15 Å². The normalized spacial score (nSPS) is 11.9. The molecule has 0 fully saturated rings. The molecule has 0 atom stereocenters. The van der Waals surface area contributed by atoms with E-state index in [0.29, 0.717) is 22.4 Å². The van der Waals surface area contributed by atoms with Gasteiger partial charge in [-0.25, -0.2) is 0 Å². The Hall–Kier alpha value is -4.11. The van der Waals surface area contributed by atoms with Crippen molar-refractivity contribution in [3.8, 4) is 5.75 Å². The van der Waals surface area contributed by atoms with Gasteiger partial charge in [0.25, 0.3) is 15.9 Å². The maximum atomic E-state index is 13.2. The minimum atomic E-state index is -4.00. The van der Waals surface area contributed by atoms with E-state index in [-0.39, 0.29) is 16.0 Å². The third kappa shape index (κ3) is 5.36. The minimum absolute atomic E-state index is 0.0338. The first-order valence-electron chi connectivity index (χ1n) is 10.8. The number of hydrogen-bond donors (Lipinski definition) is 2. The molecule has 0 saturated heterocycles. The highest BCUT2D eigenvalue weighted by Crippen LogP contribution is 2.25. The van der Waals surface area contributed by atoms with Crippen molar-refractivity contribution in [1.82, 2.24) is 4.83 Å². The van der Waals surface area contributed by atoms with Gasteiger partial charge in [-0.15, -0.1) is 5.10 Å². The second-order valence-electron chi connectivity index (χ2n) is 8.19. The Labute approximate surface area is 203 Å². The average molecular weight is 492 g/mol. The fourth-order valence-corrected chi connectivity index (χ4v) is 4.45. The van der Waals surface area contributed by atoms with Gasteiger partial charge >= 0.3 is 0 Å². The van der Waals surface area contributed by atoms with Crippen molar-refractivity contribution < 1.29 is 22.4 Å². The second kappa shape index (κ2) is 9.63. The number of sulfonamides is 1. The fourth-order valence-electron chi connectivity index (χ4n) is 3.65. The molecule has 1 aromatic heterocycles. The Morgan fingerprint density at radius 1 is 0.914 bits per heavy atom. The maximum absolute atomic E-state index is 13.2. The number of methoxy groups -OCH3 is 1. The molecule has 0 bridgehead atoms. The number of ether oxygens (including phenoxy) is 1. The van der Waals surface area contributed by atoms with Crippen LogP contribution in [-0.4, -0.2) is 21.4 Å². The zero-order chi connectivity index (χ0) is 25.2. The zero-order valence-corrected chi connectivity index (χ0v) is 20.6. The largest absolute Gasteiger partial charge is 0.493 e. The van der Waals surface area contributed by atoms with Crippen LogP contribution in [0.5, 0.6) is 5.75 Å². The number of carbonyl (C=O) groups excluding carboxylic acids is 1. The number of benzene rings is 3. The minimum Gasteiger partial charge on any atom is -0.493 e. The standard InChI is InChI=1S/C26H25N3O5S/c1-16-8-10-21(11-9-16)35(31,32)29-28-26-22(15-19-6-5-7-23(33-4)24(19)34-26)25(30)27-20-13-17(2)12-18(3)14-20/h5-15,29H,1-4H3,(H,27,30)/b28-26+. The predicted molar refractivity (Wildman–Crippen MR) is 134 cm³/mol. The van der Waals surface area contributed by atoms with Gasteiger partial charge in [-0.2, -0.15) is 13.2 Å². The number of nitrogens with one attached hydrogen (secondary N) is 2. The van der Waals surface area contributed by atoms with E-state index in [2.05, 4.69) is 15.2 Å². The van der Waals surface area contributed by atoms with Crippen LogP contribution in [-0.2, 0) is 10.0 Å². The van der Waals surface area contributed by atoms with Crippen molar-refractivity contribution in [3.05, 3.63) is 94.5 Å². The third-order valence-corrected chi connectivity index (χ3v) is 6.51. The molecule has 35 heavy (non-hydrogen) atoms. The number of hydrogen-bond acceptors (Lipinski definition) is 6. The van der Waals surface area contributed by atoms with Gasteiger partial charge in [0.15, 0.2) is 11.3 Å². The van der Waals surface area contributed by atoms with Crippen molar-refractivity contribution in [1.29, 1.82) is 0 Å². The van der Waals surface area contributed by atoms with Gasteiger partial charge in [0, 0.05) is 11.1 Å². The summed E-state index contributed by atoms with van der Waals surface area (Å²) in [5.41, 5.74) is 3.67. The molecule has 0 aliphatic rings. The molecule has 0 saturated carbocycles. The Kier molecular flexibility index (Phi) is 6.61. The lowest BCUT2D eigenvalue weighted by Crippen LogP contribution is -2.27. The van der Waals surface area contributed by atoms with Gasteiger partial charge in [-0.1, -0.05) is 35.9 Å². The van der Waals surface area contributed by atoms with Gasteiger partial charge in [0.2, 0.25) is 5.55 Å². The Bertz CT molecular complexity index is 1570. The lowest BCUT2D eigenvalue weighted by molar-refractivity contribution is 0.102. The highest BCUT2D eigenvalue weighted by molar-refractivity contribution is 7.89. The first-order chi connectivity index (χ1) is 16.7. The summed E-state index contributed by atoms with van der Waals surface area (Å²) >= 11 is 0. The van der Waals surface area contributed by atoms with Crippen LogP contribution >= 0.6 is 0 Å². The molecule has 4 aromatic rings. The monoisotopic (exact) mass is 491 g/mol. The summed E-state index contributed by atoms with van der Waals surface area (Å²) in [6.07, 6.45) is 0. The molecule has 2 N–H and O–H groups in total. The number of rotatable bonds is 6. The van der Waals surface area contributed by atoms with E-state index in [9.17, 15) is 13.2 Å². The first-order valence-corrected chi connectivity index (χ1v) is 12.3. The molecule has 0 aliphatic carbocycles. The summed E-state index contributed by atoms with van der Waals surface area (Å²) in [5, 5.41) is 7.41. The SMILES string of the molecule is COc1cccc2cc(C(=O)Nc3cc(C)cc(C)c3)/c(=N\NS(=O)(=O)c3ccc(C)cc3)oc12. The maximum Gasteiger partial charge on any atom is 0.276 e. The number of nitrogens with zero attached hydrogens (tertiary/aromatic N) is 1. The molecular weight excluding hydrogens is 466 g/mol. The topological polar surface area (TPSA) is 110 Å². The lowest BCUT2D eigenvalue weighted by atomic mass is 10.1. The average Bonchev–Trinajstić information content (AvgIpc) is 2.81. The highest BCUT2D eigenvalue weighted by Gasteiger charge is 2.17. The summed E-state index contributed by atoms with van der Waals surface area (Å²) in [6.45, 7) is 5.72. The van der Waals surface area contributed by atoms with Gasteiger partial charge in [0.05, 0.1) is 12.0 Å². The van der Waals surface area contributed by atoms with E-state index in [1.807, 2.05) is 39.0 Å². The van der Waals surface area contributed by atoms with Crippen molar-refractivity contribution in [3.63, 3.8) is 0 Å². The Morgan fingerprint density at radius 3 is 2.26 bits per heavy atom. The number of anilines is 1. The molecule has 180 valence electrons. The van der Waals surface area contributed by atoms with Gasteiger partial charge in [-0.05, 0) is 68.3 Å². The van der Waals surface area contributed by atoms with Crippen LogP contribution in [0.15, 0.2) is 81.1 Å². The van der Waals surface area contributed by atoms with Crippen LogP contribution in [0.3, 0.4) is 0 Å². The number of para-hydroxylation sites is 1. The summed E-state index contributed by atoms with van der Waals surface area (Å²) in [5.74, 6) is -0.0848. The Balaban J connectivity index is 1.81. The van der Waals surface area contributed by atoms with Crippen molar-refractivity contribution >= 4 is 32.6 Å². The summed E-state index contributed by atoms with van der Waals surface area (Å²) < 4.78 is 36.8. The highest BCUT2D eigenvalue weighted by atomic mass is 32.2. The van der Waals surface area contributed by atoms with Gasteiger partial charge < -0.3 is 14.5 Å². The molecule has 9 heteroatoms. The molecule has 1 heterocycles. The van der Waals surface area contributed by atoms with Crippen LogP contribution in [0.25, 0.3) is 11.0 Å². The van der Waals surface area contributed by atoms with E-state index in [1.54, 1.807) is 36.4 Å². The van der Waals surface area contributed by atoms with E-state index in [1.165, 1.54) is 19.2 Å². The second-order valence-corrected chi connectivity index (χ2v) is 9.85. The van der Waals surface area contributed by atoms with E-state index < -0.39 is 15.9 Å². The lowest BCUT2D eigenvalue weighted by Gasteiger charge is -2.10. The van der Waals surface area contributed by atoms with Gasteiger partial charge in [-0.3, -0.25) is 4.79 Å². The van der Waals surface area contributed by atoms with Crippen LogP contribution in [0.1, 0.15) is 27.0 Å². The van der Waals surface area contributed by atoms with Crippen molar-refractivity contribution in [2.75, 3.05) is 12.4 Å². The van der Waals surface area contributed by atoms with Crippen LogP contribution < -0.4 is 20.4 Å². The number of carbonyl (C=O) groups is 1. The third-order valence-electron chi connectivity index (χ3n) is 5.28. The number of amides is 1. The smallest absolute Gasteiger partial charge is 0.276 e. The van der Waals surface area contributed by atoms with E-state index >= 15 is 0 Å². The molecular formula is C26H25N3O5S. The molecule has 8 nitrogen and oxygen atoms in total. The number of fused-ring (bicyclic) bond motifs is 1. The summed E-state index contributed by atoms with van der Waals surface area (Å²) in [7, 11) is -2.51. The number of aryl methyl sites for hydroxylation is 3. The fraction of sp³-hybridized carbons (Fsp3) is 0.154. The molecule has 0 aliphatic heterocycles. The van der Waals surface area contributed by atoms with Gasteiger partial charge in [0.1, 0.15) is 5.56 Å². The summed E-state index contributed by atoms with van der Waals surface area (Å²) in [4.78, 5) is 15.5. The van der Waals surface area contributed by atoms with E-state index in [0.717, 1.165) is 16.7 Å². The zero-order valence-electron chi connectivity index (χ0n) is 19.7. The summed E-state index contributed by atoms with van der Waals surface area (Å²) in [6, 6.07) is 18.8. The van der Waals surface area contributed by atoms with Crippen LogP contribution in [0.4, 0.5) is 5.69 Å². The quantitative estimate of drug-likeness (QED) is 0.388. The first kappa shape index (κ1) is 24.0. The predicted octanol–water partition coefficient (Wildman–Crippen LogP) is 4.41. The molecule has 0 spiro atoms. The molecule has 0 unspecified atom stereocenters. The van der Waals surface area contributed by atoms with Crippen LogP contribution in [0.2, 0.25) is 0 Å². The van der Waals surface area contributed by atoms with Crippen molar-refractivity contribution in [2.45, 2.75) is 25.7 Å². The molecule has 0 radical (unpaired) electrons. The molecule has 1 amide bonds. The molecule has 4 rings (SSSR count). The van der Waals surface area contributed by atoms with Crippen LogP contribution in [0, 0.1) is 20.8 Å². The Morgan fingerprint density at radius 2 is 1.60 bits per heavy atom. The van der Waals surface area contributed by atoms with Crippen molar-refractivity contribution in [2.24, 2.45) is 5.10 Å².